The van der Waals surface area contributed by atoms with Crippen molar-refractivity contribution in [3.8, 4) is 0 Å². The van der Waals surface area contributed by atoms with Crippen molar-refractivity contribution in [2.75, 3.05) is 7.05 Å². The standard InChI is InChI=1S/C6H9ClN2/c1-8-4-6-2-5(7)3-9-6/h2-3,8-9H,4H2,1H3. The van der Waals surface area contributed by atoms with Crippen molar-refractivity contribution >= 4 is 11.6 Å². The van der Waals surface area contributed by atoms with Crippen LogP contribution in [0.3, 0.4) is 0 Å². The average molecular weight is 145 g/mol. The van der Waals surface area contributed by atoms with Crippen LogP contribution in [-0.2, 0) is 6.54 Å². The first-order valence-electron chi connectivity index (χ1n) is 2.80. The Hall–Kier alpha value is -0.470. The fourth-order valence-electron chi connectivity index (χ4n) is 0.704. The molecule has 0 saturated carbocycles. The van der Waals surface area contributed by atoms with Gasteiger partial charge in [0, 0.05) is 18.4 Å². The lowest BCUT2D eigenvalue weighted by Crippen LogP contribution is -2.04. The van der Waals surface area contributed by atoms with Crippen LogP contribution in [0.4, 0.5) is 0 Å². The molecule has 2 nitrogen and oxygen atoms in total. The number of aromatic amines is 1. The van der Waals surface area contributed by atoms with Crippen LogP contribution in [0.15, 0.2) is 12.3 Å². The molecule has 0 aliphatic carbocycles. The van der Waals surface area contributed by atoms with Gasteiger partial charge in [-0.05, 0) is 13.1 Å². The molecule has 3 heteroatoms. The van der Waals surface area contributed by atoms with Gasteiger partial charge < -0.3 is 10.3 Å². The van der Waals surface area contributed by atoms with Gasteiger partial charge in [-0.1, -0.05) is 11.6 Å². The van der Waals surface area contributed by atoms with E-state index in [1.54, 1.807) is 6.20 Å². The Morgan fingerprint density at radius 3 is 3.00 bits per heavy atom. The summed E-state index contributed by atoms with van der Waals surface area (Å²) in [4.78, 5) is 3.01. The molecule has 50 valence electrons. The molecule has 0 atom stereocenters. The molecule has 1 aromatic rings. The van der Waals surface area contributed by atoms with Crippen molar-refractivity contribution in [1.82, 2.24) is 10.3 Å². The third-order valence-electron chi connectivity index (χ3n) is 1.07. The van der Waals surface area contributed by atoms with Crippen LogP contribution in [0, 0.1) is 0 Å². The summed E-state index contributed by atoms with van der Waals surface area (Å²) in [5.74, 6) is 0. The second kappa shape index (κ2) is 2.90. The normalized spacial score (nSPS) is 10.0. The summed E-state index contributed by atoms with van der Waals surface area (Å²) >= 11 is 5.64. The van der Waals surface area contributed by atoms with E-state index >= 15 is 0 Å². The Bertz CT molecular complexity index is 183. The van der Waals surface area contributed by atoms with Crippen molar-refractivity contribution in [2.45, 2.75) is 6.54 Å². The van der Waals surface area contributed by atoms with Gasteiger partial charge in [-0.15, -0.1) is 0 Å². The van der Waals surface area contributed by atoms with Crippen molar-refractivity contribution in [1.29, 1.82) is 0 Å². The van der Waals surface area contributed by atoms with Crippen LogP contribution >= 0.6 is 11.6 Å². The minimum atomic E-state index is 0.764. The van der Waals surface area contributed by atoms with Crippen LogP contribution in [0.1, 0.15) is 5.69 Å². The molecule has 0 aliphatic rings. The Morgan fingerprint density at radius 2 is 2.56 bits per heavy atom. The highest BCUT2D eigenvalue weighted by Crippen LogP contribution is 2.08. The molecule has 2 N–H and O–H groups in total. The number of aromatic nitrogens is 1. The Labute approximate surface area is 59.2 Å². The highest BCUT2D eigenvalue weighted by molar-refractivity contribution is 6.30. The lowest BCUT2D eigenvalue weighted by Gasteiger charge is -1.90. The summed E-state index contributed by atoms with van der Waals surface area (Å²) in [7, 11) is 1.90. The molecule has 0 radical (unpaired) electrons. The zero-order valence-electron chi connectivity index (χ0n) is 5.24. The van der Waals surface area contributed by atoms with E-state index in [-0.39, 0.29) is 0 Å². The number of rotatable bonds is 2. The SMILES string of the molecule is CNCc1cc(Cl)c[nH]1. The van der Waals surface area contributed by atoms with Crippen molar-refractivity contribution < 1.29 is 0 Å². The topological polar surface area (TPSA) is 27.8 Å². The fraction of sp³-hybridized carbons (Fsp3) is 0.333. The van der Waals surface area contributed by atoms with Crippen LogP contribution in [-0.4, -0.2) is 12.0 Å². The maximum Gasteiger partial charge on any atom is 0.0583 e. The van der Waals surface area contributed by atoms with Crippen LogP contribution in [0.2, 0.25) is 5.02 Å². The van der Waals surface area contributed by atoms with Crippen LogP contribution in [0.25, 0.3) is 0 Å². The third kappa shape index (κ3) is 1.73. The molecule has 0 aromatic carbocycles. The molecular formula is C6H9ClN2. The maximum absolute atomic E-state index is 5.64. The first-order chi connectivity index (χ1) is 4.33. The van der Waals surface area contributed by atoms with E-state index in [0.717, 1.165) is 17.3 Å². The van der Waals surface area contributed by atoms with Crippen LogP contribution in [0.5, 0.6) is 0 Å². The summed E-state index contributed by atoms with van der Waals surface area (Å²) < 4.78 is 0. The molecule has 0 amide bonds. The number of nitrogens with one attached hydrogen (secondary N) is 2. The largest absolute Gasteiger partial charge is 0.363 e. The first-order valence-corrected chi connectivity index (χ1v) is 3.18. The van der Waals surface area contributed by atoms with E-state index in [4.69, 9.17) is 11.6 Å². The third-order valence-corrected chi connectivity index (χ3v) is 1.29. The molecule has 0 bridgehead atoms. The number of hydrogen-bond acceptors (Lipinski definition) is 1. The summed E-state index contributed by atoms with van der Waals surface area (Å²) in [6, 6.07) is 1.90. The van der Waals surface area contributed by atoms with Gasteiger partial charge in [0.2, 0.25) is 0 Å². The second-order valence-corrected chi connectivity index (χ2v) is 2.31. The molecule has 9 heavy (non-hydrogen) atoms. The zero-order valence-corrected chi connectivity index (χ0v) is 6.00. The quantitative estimate of drug-likeness (QED) is 0.645. The average Bonchev–Trinajstić information content (AvgIpc) is 2.17. The molecule has 1 heterocycles. The summed E-state index contributed by atoms with van der Waals surface area (Å²) in [6.07, 6.45) is 1.77. The molecule has 0 fully saturated rings. The number of hydrogen-bond donors (Lipinski definition) is 2. The first kappa shape index (κ1) is 6.65. The molecule has 1 rings (SSSR count). The highest BCUT2D eigenvalue weighted by atomic mass is 35.5. The van der Waals surface area contributed by atoms with Crippen molar-refractivity contribution in [2.24, 2.45) is 0 Å². The van der Waals surface area contributed by atoms with Gasteiger partial charge >= 0.3 is 0 Å². The van der Waals surface area contributed by atoms with Crippen LogP contribution < -0.4 is 5.32 Å². The molecule has 0 spiro atoms. The fourth-order valence-corrected chi connectivity index (χ4v) is 0.890. The molecular weight excluding hydrogens is 136 g/mol. The van der Waals surface area contributed by atoms with Gasteiger partial charge in [-0.2, -0.15) is 0 Å². The van der Waals surface area contributed by atoms with E-state index in [0.29, 0.717) is 0 Å². The number of halogens is 1. The second-order valence-electron chi connectivity index (χ2n) is 1.87. The van der Waals surface area contributed by atoms with Gasteiger partial charge in [0.05, 0.1) is 5.02 Å². The lowest BCUT2D eigenvalue weighted by molar-refractivity contribution is 0.797. The predicted molar refractivity (Wildman–Crippen MR) is 38.6 cm³/mol. The molecule has 1 aromatic heterocycles. The minimum Gasteiger partial charge on any atom is -0.363 e. The van der Waals surface area contributed by atoms with Gasteiger partial charge in [-0.3, -0.25) is 0 Å². The van der Waals surface area contributed by atoms with Gasteiger partial charge in [-0.25, -0.2) is 0 Å². The number of H-pyrrole nitrogens is 1. The monoisotopic (exact) mass is 144 g/mol. The van der Waals surface area contributed by atoms with E-state index in [9.17, 15) is 0 Å². The van der Waals surface area contributed by atoms with Crippen molar-refractivity contribution in [3.63, 3.8) is 0 Å². The molecule has 0 unspecified atom stereocenters. The smallest absolute Gasteiger partial charge is 0.0583 e. The zero-order chi connectivity index (χ0) is 6.69. The van der Waals surface area contributed by atoms with Gasteiger partial charge in [0.15, 0.2) is 0 Å². The van der Waals surface area contributed by atoms with E-state index in [1.165, 1.54) is 0 Å². The highest BCUT2D eigenvalue weighted by Gasteiger charge is 1.92. The van der Waals surface area contributed by atoms with E-state index in [2.05, 4.69) is 10.3 Å². The molecule has 0 saturated heterocycles. The van der Waals surface area contributed by atoms with Crippen molar-refractivity contribution in [3.05, 3.63) is 23.0 Å². The summed E-state index contributed by atoms with van der Waals surface area (Å²) in [5, 5.41) is 3.77. The Kier molecular flexibility index (Phi) is 2.14. The summed E-state index contributed by atoms with van der Waals surface area (Å²) in [6.45, 7) is 0.840. The minimum absolute atomic E-state index is 0.764. The van der Waals surface area contributed by atoms with E-state index in [1.807, 2.05) is 13.1 Å². The lowest BCUT2D eigenvalue weighted by atomic mass is 10.4. The Balaban J connectivity index is 2.61. The maximum atomic E-state index is 5.64. The Morgan fingerprint density at radius 1 is 1.78 bits per heavy atom. The summed E-state index contributed by atoms with van der Waals surface area (Å²) in [5.41, 5.74) is 1.11. The molecule has 0 aliphatic heterocycles. The van der Waals surface area contributed by atoms with E-state index < -0.39 is 0 Å². The van der Waals surface area contributed by atoms with Gasteiger partial charge in [0.25, 0.3) is 0 Å². The predicted octanol–water partition coefficient (Wildman–Crippen LogP) is 1.39. The van der Waals surface area contributed by atoms with Gasteiger partial charge in [0.1, 0.15) is 0 Å².